The van der Waals surface area contributed by atoms with Gasteiger partial charge in [0.1, 0.15) is 5.75 Å². The Hall–Kier alpha value is -3.80. The number of nitro benzene ring substituents is 1. The largest absolute Gasteiger partial charge is 0.493 e. The van der Waals surface area contributed by atoms with Gasteiger partial charge in [-0.05, 0) is 48.0 Å². The summed E-state index contributed by atoms with van der Waals surface area (Å²) in [5.74, 6) is 0.854. The molecule has 0 saturated heterocycles. The summed E-state index contributed by atoms with van der Waals surface area (Å²) in [6.07, 6.45) is 5.85. The number of rotatable bonds is 2. The molecule has 2 heterocycles. The molecule has 1 unspecified atom stereocenters. The van der Waals surface area contributed by atoms with Crippen molar-refractivity contribution in [3.63, 3.8) is 0 Å². The van der Waals surface area contributed by atoms with Crippen molar-refractivity contribution < 1.29 is 19.1 Å². The van der Waals surface area contributed by atoms with E-state index in [-0.39, 0.29) is 5.69 Å². The molecule has 3 aromatic rings. The fourth-order valence-electron chi connectivity index (χ4n) is 3.84. The quantitative estimate of drug-likeness (QED) is 0.438. The van der Waals surface area contributed by atoms with E-state index in [1.54, 1.807) is 19.2 Å². The van der Waals surface area contributed by atoms with Gasteiger partial charge in [0, 0.05) is 34.9 Å². The third-order valence-corrected chi connectivity index (χ3v) is 5.35. The number of nitrogens with zero attached hydrogens (tertiary/aromatic N) is 1. The lowest BCUT2D eigenvalue weighted by Gasteiger charge is -2.39. The molecule has 6 nitrogen and oxygen atoms in total. The number of ether oxygens (including phenoxy) is 3. The van der Waals surface area contributed by atoms with Crippen molar-refractivity contribution in [1.29, 1.82) is 0 Å². The standard InChI is InChI=1S/C23H17NO5/c1-14-12-16-4-3-5-21(27-2)22(16)29-23(14)11-10-19-18-8-7-17(24(25)26)13-15(18)6-9-20(19)28-23/h3-13H,1-2H3. The van der Waals surface area contributed by atoms with Crippen molar-refractivity contribution in [3.8, 4) is 17.2 Å². The van der Waals surface area contributed by atoms with Gasteiger partial charge in [-0.3, -0.25) is 10.1 Å². The van der Waals surface area contributed by atoms with Crippen molar-refractivity contribution >= 4 is 28.6 Å². The number of benzene rings is 3. The number of non-ortho nitro benzene ring substituents is 1. The summed E-state index contributed by atoms with van der Waals surface area (Å²) >= 11 is 0. The van der Waals surface area contributed by atoms with Crippen LogP contribution >= 0.6 is 0 Å². The molecule has 1 spiro atoms. The van der Waals surface area contributed by atoms with Gasteiger partial charge >= 0.3 is 0 Å². The number of nitro groups is 1. The molecule has 0 N–H and O–H groups in total. The van der Waals surface area contributed by atoms with Gasteiger partial charge in [-0.2, -0.15) is 0 Å². The van der Waals surface area contributed by atoms with Gasteiger partial charge in [-0.25, -0.2) is 0 Å². The van der Waals surface area contributed by atoms with E-state index in [4.69, 9.17) is 14.2 Å². The van der Waals surface area contributed by atoms with Crippen LogP contribution in [0.1, 0.15) is 18.1 Å². The van der Waals surface area contributed by atoms with E-state index in [2.05, 4.69) is 0 Å². The molecule has 2 aliphatic heterocycles. The lowest BCUT2D eigenvalue weighted by molar-refractivity contribution is -0.384. The summed E-state index contributed by atoms with van der Waals surface area (Å²) in [5.41, 5.74) is 2.77. The SMILES string of the molecule is COc1cccc2c1OC1(C=Cc3c(ccc4cc([N+](=O)[O-])ccc34)O1)C(C)=C2. The highest BCUT2D eigenvalue weighted by molar-refractivity contribution is 5.95. The van der Waals surface area contributed by atoms with Crippen LogP contribution in [0.4, 0.5) is 5.69 Å². The van der Waals surface area contributed by atoms with Gasteiger partial charge in [-0.1, -0.05) is 18.2 Å². The molecular formula is C23H17NO5. The average Bonchev–Trinajstić information content (AvgIpc) is 2.73. The summed E-state index contributed by atoms with van der Waals surface area (Å²) in [5, 5.41) is 12.7. The minimum Gasteiger partial charge on any atom is -0.493 e. The summed E-state index contributed by atoms with van der Waals surface area (Å²) in [6, 6.07) is 14.2. The van der Waals surface area contributed by atoms with Crippen molar-refractivity contribution in [3.05, 3.63) is 81.4 Å². The maximum Gasteiger partial charge on any atom is 0.294 e. The maximum atomic E-state index is 11.1. The number of fused-ring (bicyclic) bond motifs is 4. The fraction of sp³-hybridized carbons (Fsp3) is 0.130. The molecule has 2 aliphatic rings. The second-order valence-corrected chi connectivity index (χ2v) is 7.05. The molecule has 0 bridgehead atoms. The molecule has 144 valence electrons. The van der Waals surface area contributed by atoms with Gasteiger partial charge in [0.2, 0.25) is 0 Å². The Morgan fingerprint density at radius 3 is 2.76 bits per heavy atom. The van der Waals surface area contributed by atoms with Crippen molar-refractivity contribution in [2.75, 3.05) is 7.11 Å². The minimum atomic E-state index is -1.07. The highest BCUT2D eigenvalue weighted by atomic mass is 16.7. The normalized spacial score (nSPS) is 19.0. The predicted octanol–water partition coefficient (Wildman–Crippen LogP) is 5.35. The molecule has 0 aromatic heterocycles. The predicted molar refractivity (Wildman–Crippen MR) is 110 cm³/mol. The lowest BCUT2D eigenvalue weighted by atomic mass is 9.94. The number of para-hydroxylation sites is 1. The van der Waals surface area contributed by atoms with E-state index < -0.39 is 10.7 Å². The third-order valence-electron chi connectivity index (χ3n) is 5.35. The Kier molecular flexibility index (Phi) is 3.64. The number of methoxy groups -OCH3 is 1. The van der Waals surface area contributed by atoms with Crippen LogP contribution in [0.3, 0.4) is 0 Å². The average molecular weight is 387 g/mol. The molecule has 0 saturated carbocycles. The maximum absolute atomic E-state index is 11.1. The van der Waals surface area contributed by atoms with Crippen LogP contribution in [0.25, 0.3) is 22.9 Å². The van der Waals surface area contributed by atoms with Crippen molar-refractivity contribution in [2.45, 2.75) is 12.7 Å². The molecule has 0 fully saturated rings. The Morgan fingerprint density at radius 1 is 1.10 bits per heavy atom. The Bertz CT molecular complexity index is 1240. The molecule has 0 aliphatic carbocycles. The van der Waals surface area contributed by atoms with Crippen LogP contribution in [-0.2, 0) is 0 Å². The van der Waals surface area contributed by atoms with Crippen LogP contribution in [0.2, 0.25) is 0 Å². The second kappa shape index (κ2) is 6.10. The van der Waals surface area contributed by atoms with Crippen LogP contribution in [0.15, 0.2) is 60.2 Å². The zero-order valence-corrected chi connectivity index (χ0v) is 15.8. The zero-order valence-electron chi connectivity index (χ0n) is 15.8. The Balaban J connectivity index is 1.61. The van der Waals surface area contributed by atoms with Gasteiger partial charge in [0.25, 0.3) is 11.5 Å². The summed E-state index contributed by atoms with van der Waals surface area (Å²) in [6.45, 7) is 1.96. The summed E-state index contributed by atoms with van der Waals surface area (Å²) in [7, 11) is 1.61. The Labute approximate surface area is 166 Å². The highest BCUT2D eigenvalue weighted by Gasteiger charge is 2.41. The zero-order chi connectivity index (χ0) is 20.2. The smallest absolute Gasteiger partial charge is 0.294 e. The molecule has 1 atom stereocenters. The van der Waals surface area contributed by atoms with Gasteiger partial charge in [0.05, 0.1) is 12.0 Å². The molecule has 3 aromatic carbocycles. The van der Waals surface area contributed by atoms with Gasteiger partial charge < -0.3 is 14.2 Å². The molecule has 29 heavy (non-hydrogen) atoms. The van der Waals surface area contributed by atoms with Crippen molar-refractivity contribution in [1.82, 2.24) is 0 Å². The molecule has 5 rings (SSSR count). The first-order valence-electron chi connectivity index (χ1n) is 9.15. The number of hydrogen-bond acceptors (Lipinski definition) is 5. The van der Waals surface area contributed by atoms with Crippen LogP contribution in [0, 0.1) is 10.1 Å². The molecule has 0 radical (unpaired) electrons. The van der Waals surface area contributed by atoms with E-state index in [1.165, 1.54) is 6.07 Å². The van der Waals surface area contributed by atoms with Gasteiger partial charge in [-0.15, -0.1) is 0 Å². The lowest BCUT2D eigenvalue weighted by Crippen LogP contribution is -2.44. The van der Waals surface area contributed by atoms with E-state index in [0.717, 1.165) is 27.5 Å². The summed E-state index contributed by atoms with van der Waals surface area (Å²) in [4.78, 5) is 10.7. The van der Waals surface area contributed by atoms with E-state index in [1.807, 2.05) is 55.5 Å². The minimum absolute atomic E-state index is 0.0627. The topological polar surface area (TPSA) is 70.8 Å². The highest BCUT2D eigenvalue weighted by Crippen LogP contribution is 2.46. The summed E-state index contributed by atoms with van der Waals surface area (Å²) < 4.78 is 18.1. The number of hydrogen-bond donors (Lipinski definition) is 0. The van der Waals surface area contributed by atoms with E-state index >= 15 is 0 Å². The molecule has 6 heteroatoms. The first kappa shape index (κ1) is 17.3. The first-order chi connectivity index (χ1) is 14.0. The van der Waals surface area contributed by atoms with E-state index in [0.29, 0.717) is 17.2 Å². The van der Waals surface area contributed by atoms with Crippen LogP contribution in [-0.4, -0.2) is 17.8 Å². The third kappa shape index (κ3) is 2.56. The van der Waals surface area contributed by atoms with Crippen LogP contribution in [0.5, 0.6) is 17.2 Å². The molecular weight excluding hydrogens is 370 g/mol. The second-order valence-electron chi connectivity index (χ2n) is 7.05. The first-order valence-corrected chi connectivity index (χ1v) is 9.15. The van der Waals surface area contributed by atoms with Crippen LogP contribution < -0.4 is 14.2 Å². The van der Waals surface area contributed by atoms with Gasteiger partial charge in [0.15, 0.2) is 11.5 Å². The Morgan fingerprint density at radius 2 is 1.97 bits per heavy atom. The molecule has 0 amide bonds. The van der Waals surface area contributed by atoms with Crippen molar-refractivity contribution in [2.24, 2.45) is 0 Å². The monoisotopic (exact) mass is 387 g/mol. The van der Waals surface area contributed by atoms with E-state index in [9.17, 15) is 10.1 Å². The fourth-order valence-corrected chi connectivity index (χ4v) is 3.84.